The van der Waals surface area contributed by atoms with Crippen molar-refractivity contribution in [3.8, 4) is 5.75 Å². The highest BCUT2D eigenvalue weighted by molar-refractivity contribution is 6.32. The minimum absolute atomic E-state index is 0.0790. The van der Waals surface area contributed by atoms with E-state index in [1.807, 2.05) is 6.92 Å². The quantitative estimate of drug-likeness (QED) is 0.854. The molecule has 3 nitrogen and oxygen atoms in total. The predicted octanol–water partition coefficient (Wildman–Crippen LogP) is 2.86. The van der Waals surface area contributed by atoms with Crippen LogP contribution in [-0.2, 0) is 10.2 Å². The van der Waals surface area contributed by atoms with Crippen LogP contribution >= 0.6 is 11.6 Å². The molecule has 1 fully saturated rings. The highest BCUT2D eigenvalue weighted by Gasteiger charge is 2.47. The fourth-order valence-corrected chi connectivity index (χ4v) is 2.43. The van der Waals surface area contributed by atoms with Gasteiger partial charge in [0, 0.05) is 10.4 Å². The van der Waals surface area contributed by atoms with E-state index >= 15 is 0 Å². The van der Waals surface area contributed by atoms with Gasteiger partial charge in [0.1, 0.15) is 5.75 Å². The van der Waals surface area contributed by atoms with E-state index in [-0.39, 0.29) is 17.6 Å². The first-order chi connectivity index (χ1) is 7.44. The third-order valence-corrected chi connectivity index (χ3v) is 3.66. The Balaban J connectivity index is 2.44. The lowest BCUT2D eigenvalue weighted by atomic mass is 9.91. The van der Waals surface area contributed by atoms with Crippen molar-refractivity contribution in [3.05, 3.63) is 28.3 Å². The molecule has 1 aromatic carbocycles. The van der Waals surface area contributed by atoms with Crippen LogP contribution in [0.25, 0.3) is 0 Å². The molecule has 1 saturated carbocycles. The van der Waals surface area contributed by atoms with E-state index in [1.165, 1.54) is 0 Å². The number of aryl methyl sites for hydroxylation is 1. The number of carbonyl (C=O) groups is 1. The maximum absolute atomic E-state index is 10.8. The molecule has 0 spiro atoms. The molecule has 0 radical (unpaired) electrons. The first-order valence-electron chi connectivity index (χ1n) is 5.16. The molecule has 0 unspecified atom stereocenters. The second kappa shape index (κ2) is 3.67. The number of halogens is 1. The number of phenols is 1. The fourth-order valence-electron chi connectivity index (χ4n) is 2.12. The Labute approximate surface area is 98.7 Å². The number of aliphatic carboxylic acids is 1. The minimum Gasteiger partial charge on any atom is -0.508 e. The van der Waals surface area contributed by atoms with Crippen molar-refractivity contribution >= 4 is 17.6 Å². The van der Waals surface area contributed by atoms with E-state index < -0.39 is 5.97 Å². The van der Waals surface area contributed by atoms with Crippen LogP contribution in [0.4, 0.5) is 0 Å². The van der Waals surface area contributed by atoms with Gasteiger partial charge in [-0.05, 0) is 43.0 Å². The first kappa shape index (κ1) is 11.3. The van der Waals surface area contributed by atoms with E-state index in [0.717, 1.165) is 24.0 Å². The Kier molecular flexibility index (Phi) is 2.58. The summed E-state index contributed by atoms with van der Waals surface area (Å²) in [6.07, 6.45) is 1.72. The zero-order valence-electron chi connectivity index (χ0n) is 8.96. The monoisotopic (exact) mass is 240 g/mol. The van der Waals surface area contributed by atoms with Gasteiger partial charge in [-0.25, -0.2) is 0 Å². The van der Waals surface area contributed by atoms with Gasteiger partial charge in [0.25, 0.3) is 0 Å². The molecular weight excluding hydrogens is 228 g/mol. The van der Waals surface area contributed by atoms with Crippen LogP contribution in [0.2, 0.25) is 5.02 Å². The van der Waals surface area contributed by atoms with Crippen LogP contribution in [0.5, 0.6) is 5.75 Å². The maximum atomic E-state index is 10.8. The molecule has 4 heteroatoms. The fraction of sp³-hybridized carbons (Fsp3) is 0.417. The molecule has 1 aliphatic carbocycles. The van der Waals surface area contributed by atoms with E-state index in [1.54, 1.807) is 12.1 Å². The number of phenolic OH excluding ortho intramolecular Hbond substituents is 1. The Morgan fingerprint density at radius 1 is 1.50 bits per heavy atom. The zero-order valence-corrected chi connectivity index (χ0v) is 9.71. The smallest absolute Gasteiger partial charge is 0.304 e. The maximum Gasteiger partial charge on any atom is 0.304 e. The van der Waals surface area contributed by atoms with Crippen LogP contribution in [0, 0.1) is 6.92 Å². The average molecular weight is 241 g/mol. The summed E-state index contributed by atoms with van der Waals surface area (Å²) in [7, 11) is 0. The van der Waals surface area contributed by atoms with Gasteiger partial charge in [0.05, 0.1) is 6.42 Å². The number of rotatable bonds is 3. The van der Waals surface area contributed by atoms with E-state index in [4.69, 9.17) is 16.7 Å². The van der Waals surface area contributed by atoms with Gasteiger partial charge in [-0.3, -0.25) is 4.79 Å². The van der Waals surface area contributed by atoms with Crippen LogP contribution in [0.1, 0.15) is 30.4 Å². The lowest BCUT2D eigenvalue weighted by Gasteiger charge is -2.16. The SMILES string of the molecule is Cc1cc(O)cc(C2(CC(=O)O)CC2)c1Cl. The number of benzene rings is 1. The van der Waals surface area contributed by atoms with E-state index in [0.29, 0.717) is 5.02 Å². The van der Waals surface area contributed by atoms with Crippen LogP contribution < -0.4 is 0 Å². The van der Waals surface area contributed by atoms with Crippen molar-refractivity contribution in [2.45, 2.75) is 31.6 Å². The highest BCUT2D eigenvalue weighted by Crippen LogP contribution is 2.54. The number of hydrogen-bond donors (Lipinski definition) is 2. The molecule has 0 aromatic heterocycles. The molecule has 0 saturated heterocycles. The van der Waals surface area contributed by atoms with Gasteiger partial charge >= 0.3 is 5.97 Å². The summed E-state index contributed by atoms with van der Waals surface area (Å²) in [4.78, 5) is 10.8. The molecule has 0 amide bonds. The molecule has 0 heterocycles. The first-order valence-corrected chi connectivity index (χ1v) is 5.54. The minimum atomic E-state index is -0.824. The van der Waals surface area contributed by atoms with Gasteiger partial charge in [-0.15, -0.1) is 0 Å². The van der Waals surface area contributed by atoms with Crippen LogP contribution in [-0.4, -0.2) is 16.2 Å². The molecule has 2 N–H and O–H groups in total. The molecule has 0 bridgehead atoms. The molecular formula is C12H13ClO3. The van der Waals surface area contributed by atoms with Crippen LogP contribution in [0.3, 0.4) is 0 Å². The molecule has 86 valence electrons. The number of aromatic hydroxyl groups is 1. The van der Waals surface area contributed by atoms with Gasteiger partial charge < -0.3 is 10.2 Å². The normalized spacial score (nSPS) is 17.1. The second-order valence-electron chi connectivity index (χ2n) is 4.48. The van der Waals surface area contributed by atoms with Gasteiger partial charge in [-0.1, -0.05) is 11.6 Å². The largest absolute Gasteiger partial charge is 0.508 e. The second-order valence-corrected chi connectivity index (χ2v) is 4.85. The van der Waals surface area contributed by atoms with Gasteiger partial charge in [0.2, 0.25) is 0 Å². The summed E-state index contributed by atoms with van der Waals surface area (Å²) in [5, 5.41) is 19.0. The number of carboxylic acid groups (broad SMARTS) is 1. The number of carboxylic acids is 1. The Morgan fingerprint density at radius 2 is 2.12 bits per heavy atom. The van der Waals surface area contributed by atoms with Crippen molar-refractivity contribution in [3.63, 3.8) is 0 Å². The van der Waals surface area contributed by atoms with Gasteiger partial charge in [-0.2, -0.15) is 0 Å². The van der Waals surface area contributed by atoms with Crippen molar-refractivity contribution in [1.82, 2.24) is 0 Å². The van der Waals surface area contributed by atoms with E-state index in [9.17, 15) is 9.90 Å². The summed E-state index contributed by atoms with van der Waals surface area (Å²) in [6, 6.07) is 3.17. The predicted molar refractivity (Wildman–Crippen MR) is 61.0 cm³/mol. The Morgan fingerprint density at radius 3 is 2.62 bits per heavy atom. The lowest BCUT2D eigenvalue weighted by molar-refractivity contribution is -0.137. The van der Waals surface area contributed by atoms with E-state index in [2.05, 4.69) is 0 Å². The molecule has 16 heavy (non-hydrogen) atoms. The molecule has 1 aliphatic rings. The van der Waals surface area contributed by atoms with Crippen molar-refractivity contribution in [1.29, 1.82) is 0 Å². The zero-order chi connectivity index (χ0) is 11.9. The summed E-state index contributed by atoms with van der Waals surface area (Å²) < 4.78 is 0. The van der Waals surface area contributed by atoms with Crippen molar-refractivity contribution in [2.75, 3.05) is 0 Å². The summed E-state index contributed by atoms with van der Waals surface area (Å²) >= 11 is 6.17. The third-order valence-electron chi connectivity index (χ3n) is 3.15. The van der Waals surface area contributed by atoms with Crippen molar-refractivity contribution < 1.29 is 15.0 Å². The third kappa shape index (κ3) is 1.87. The molecule has 1 aromatic rings. The van der Waals surface area contributed by atoms with Crippen molar-refractivity contribution in [2.24, 2.45) is 0 Å². The topological polar surface area (TPSA) is 57.5 Å². The van der Waals surface area contributed by atoms with Crippen LogP contribution in [0.15, 0.2) is 12.1 Å². The Bertz CT molecular complexity index is 450. The summed E-state index contributed by atoms with van der Waals surface area (Å²) in [5.74, 6) is -0.678. The summed E-state index contributed by atoms with van der Waals surface area (Å²) in [6.45, 7) is 1.81. The summed E-state index contributed by atoms with van der Waals surface area (Å²) in [5.41, 5.74) is 1.20. The highest BCUT2D eigenvalue weighted by atomic mass is 35.5. The lowest BCUT2D eigenvalue weighted by Crippen LogP contribution is -2.13. The molecule has 2 rings (SSSR count). The van der Waals surface area contributed by atoms with Gasteiger partial charge in [0.15, 0.2) is 0 Å². The average Bonchev–Trinajstić information content (AvgIpc) is 2.91. The standard InChI is InChI=1S/C12H13ClO3/c1-7-4-8(14)5-9(11(7)13)12(2-3-12)6-10(15)16/h4-5,14H,2-3,6H2,1H3,(H,15,16). The number of hydrogen-bond acceptors (Lipinski definition) is 2. The molecule has 0 aliphatic heterocycles. The molecule has 0 atom stereocenters. The Hall–Kier alpha value is -1.22.